The molecule has 1 aromatic rings. The van der Waals surface area contributed by atoms with Gasteiger partial charge in [-0.25, -0.2) is 4.98 Å². The minimum atomic E-state index is 0.684. The van der Waals surface area contributed by atoms with Crippen molar-refractivity contribution in [2.45, 2.75) is 26.7 Å². The van der Waals surface area contributed by atoms with Crippen molar-refractivity contribution in [3.8, 4) is 0 Å². The van der Waals surface area contributed by atoms with Crippen molar-refractivity contribution in [3.63, 3.8) is 0 Å². The fourth-order valence-corrected chi connectivity index (χ4v) is 3.39. The van der Waals surface area contributed by atoms with E-state index in [0.717, 1.165) is 41.5 Å². The molecule has 1 fully saturated rings. The summed E-state index contributed by atoms with van der Waals surface area (Å²) in [5, 5.41) is 4.29. The number of halogens is 2. The molecule has 1 saturated heterocycles. The summed E-state index contributed by atoms with van der Waals surface area (Å²) in [6.45, 7) is 8.75. The Morgan fingerprint density at radius 2 is 2.35 bits per heavy atom. The molecular weight excluding hydrogens is 338 g/mol. The first-order valence-corrected chi connectivity index (χ1v) is 8.50. The molecule has 1 aromatic heterocycles. The third-order valence-corrected chi connectivity index (χ3v) is 4.30. The van der Waals surface area contributed by atoms with Crippen LogP contribution >= 0.6 is 27.5 Å². The molecule has 0 bridgehead atoms. The van der Waals surface area contributed by atoms with Gasteiger partial charge in [0.05, 0.1) is 5.02 Å². The van der Waals surface area contributed by atoms with Gasteiger partial charge in [-0.3, -0.25) is 0 Å². The SMILES string of the molecule is CC(C)CNCC1CCCN(c2ncc(Br)cc2Cl)C1. The van der Waals surface area contributed by atoms with Crippen LogP contribution in [0.1, 0.15) is 26.7 Å². The quantitative estimate of drug-likeness (QED) is 0.861. The first kappa shape index (κ1) is 16.1. The van der Waals surface area contributed by atoms with Crippen molar-refractivity contribution >= 4 is 33.3 Å². The van der Waals surface area contributed by atoms with Crippen LogP contribution in [-0.2, 0) is 0 Å². The van der Waals surface area contributed by atoms with Crippen LogP contribution in [0.3, 0.4) is 0 Å². The zero-order chi connectivity index (χ0) is 14.5. The van der Waals surface area contributed by atoms with E-state index >= 15 is 0 Å². The Balaban J connectivity index is 1.92. The van der Waals surface area contributed by atoms with E-state index in [-0.39, 0.29) is 0 Å². The zero-order valence-corrected chi connectivity index (χ0v) is 14.5. The van der Waals surface area contributed by atoms with Crippen LogP contribution in [0.2, 0.25) is 5.02 Å². The molecule has 0 aromatic carbocycles. The van der Waals surface area contributed by atoms with Crippen LogP contribution in [0.15, 0.2) is 16.7 Å². The van der Waals surface area contributed by atoms with E-state index in [4.69, 9.17) is 11.6 Å². The number of aromatic nitrogens is 1. The van der Waals surface area contributed by atoms with Gasteiger partial charge < -0.3 is 10.2 Å². The van der Waals surface area contributed by atoms with Crippen molar-refractivity contribution in [1.29, 1.82) is 0 Å². The molecule has 1 aliphatic rings. The summed E-state index contributed by atoms with van der Waals surface area (Å²) in [6, 6.07) is 1.92. The monoisotopic (exact) mass is 359 g/mol. The highest BCUT2D eigenvalue weighted by Crippen LogP contribution is 2.29. The first-order valence-electron chi connectivity index (χ1n) is 7.33. The van der Waals surface area contributed by atoms with Gasteiger partial charge in [0.1, 0.15) is 5.82 Å². The maximum atomic E-state index is 6.31. The van der Waals surface area contributed by atoms with E-state index < -0.39 is 0 Å². The molecule has 0 radical (unpaired) electrons. The van der Waals surface area contributed by atoms with Gasteiger partial charge >= 0.3 is 0 Å². The van der Waals surface area contributed by atoms with Crippen LogP contribution in [-0.4, -0.2) is 31.2 Å². The topological polar surface area (TPSA) is 28.2 Å². The number of hydrogen-bond acceptors (Lipinski definition) is 3. The highest BCUT2D eigenvalue weighted by Gasteiger charge is 2.22. The molecule has 2 heterocycles. The molecule has 5 heteroatoms. The lowest BCUT2D eigenvalue weighted by atomic mass is 9.98. The Kier molecular flexibility index (Phi) is 6.12. The number of piperidine rings is 1. The maximum absolute atomic E-state index is 6.31. The van der Waals surface area contributed by atoms with E-state index in [1.54, 1.807) is 0 Å². The van der Waals surface area contributed by atoms with Crippen molar-refractivity contribution in [2.75, 3.05) is 31.1 Å². The van der Waals surface area contributed by atoms with Gasteiger partial charge in [-0.15, -0.1) is 0 Å². The van der Waals surface area contributed by atoms with Crippen LogP contribution in [0.4, 0.5) is 5.82 Å². The summed E-state index contributed by atoms with van der Waals surface area (Å²) < 4.78 is 0.929. The summed E-state index contributed by atoms with van der Waals surface area (Å²) in [5.74, 6) is 2.31. The predicted molar refractivity (Wildman–Crippen MR) is 89.6 cm³/mol. The van der Waals surface area contributed by atoms with Crippen LogP contribution in [0.5, 0.6) is 0 Å². The molecule has 0 spiro atoms. The summed E-state index contributed by atoms with van der Waals surface area (Å²) in [4.78, 5) is 6.79. The largest absolute Gasteiger partial charge is 0.355 e. The highest BCUT2D eigenvalue weighted by molar-refractivity contribution is 9.10. The van der Waals surface area contributed by atoms with Crippen LogP contribution in [0.25, 0.3) is 0 Å². The highest BCUT2D eigenvalue weighted by atomic mass is 79.9. The summed E-state index contributed by atoms with van der Waals surface area (Å²) in [6.07, 6.45) is 4.32. The summed E-state index contributed by atoms with van der Waals surface area (Å²) in [5.41, 5.74) is 0. The second-order valence-electron chi connectivity index (χ2n) is 5.97. The Morgan fingerprint density at radius 3 is 3.05 bits per heavy atom. The molecule has 112 valence electrons. The summed E-state index contributed by atoms with van der Waals surface area (Å²) in [7, 11) is 0. The van der Waals surface area contributed by atoms with E-state index in [9.17, 15) is 0 Å². The zero-order valence-electron chi connectivity index (χ0n) is 12.2. The van der Waals surface area contributed by atoms with E-state index in [1.807, 2.05) is 12.3 Å². The van der Waals surface area contributed by atoms with Gasteiger partial charge in [-0.05, 0) is 59.8 Å². The third-order valence-electron chi connectivity index (χ3n) is 3.59. The molecule has 1 unspecified atom stereocenters. The van der Waals surface area contributed by atoms with E-state index in [1.165, 1.54) is 12.8 Å². The molecule has 0 aliphatic carbocycles. The van der Waals surface area contributed by atoms with Gasteiger partial charge in [0.15, 0.2) is 0 Å². The van der Waals surface area contributed by atoms with Crippen molar-refractivity contribution in [1.82, 2.24) is 10.3 Å². The van der Waals surface area contributed by atoms with Gasteiger partial charge in [0, 0.05) is 23.8 Å². The lowest BCUT2D eigenvalue weighted by Gasteiger charge is -2.34. The molecule has 0 amide bonds. The van der Waals surface area contributed by atoms with Gasteiger partial charge in [0.2, 0.25) is 0 Å². The number of rotatable bonds is 5. The average molecular weight is 361 g/mol. The van der Waals surface area contributed by atoms with Gasteiger partial charge in [0.25, 0.3) is 0 Å². The molecule has 1 aliphatic heterocycles. The lowest BCUT2D eigenvalue weighted by Crippen LogP contribution is -2.40. The van der Waals surface area contributed by atoms with Crippen molar-refractivity contribution in [2.24, 2.45) is 11.8 Å². The Hall–Kier alpha value is -0.320. The maximum Gasteiger partial charge on any atom is 0.147 e. The number of hydrogen-bond donors (Lipinski definition) is 1. The minimum Gasteiger partial charge on any atom is -0.355 e. The summed E-state index contributed by atoms with van der Waals surface area (Å²) >= 11 is 9.71. The molecular formula is C15H23BrClN3. The number of anilines is 1. The standard InChI is InChI=1S/C15H23BrClN3/c1-11(2)7-18-8-12-4-3-5-20(10-12)15-14(17)6-13(16)9-19-15/h6,9,11-12,18H,3-5,7-8,10H2,1-2H3. The molecule has 0 saturated carbocycles. The molecule has 1 N–H and O–H groups in total. The van der Waals surface area contributed by atoms with Crippen molar-refractivity contribution < 1.29 is 0 Å². The minimum absolute atomic E-state index is 0.684. The second kappa shape index (κ2) is 7.62. The van der Waals surface area contributed by atoms with Crippen molar-refractivity contribution in [3.05, 3.63) is 21.8 Å². The number of pyridine rings is 1. The van der Waals surface area contributed by atoms with E-state index in [0.29, 0.717) is 11.8 Å². The Bertz CT molecular complexity index is 439. The molecule has 1 atom stereocenters. The van der Waals surface area contributed by atoms with Crippen LogP contribution in [0, 0.1) is 11.8 Å². The Labute approximate surface area is 135 Å². The van der Waals surface area contributed by atoms with Crippen LogP contribution < -0.4 is 10.2 Å². The molecule has 2 rings (SSSR count). The van der Waals surface area contributed by atoms with E-state index in [2.05, 4.69) is 45.0 Å². The average Bonchev–Trinajstić information content (AvgIpc) is 2.38. The normalized spacial score (nSPS) is 19.6. The Morgan fingerprint density at radius 1 is 1.55 bits per heavy atom. The fourth-order valence-electron chi connectivity index (χ4n) is 2.64. The lowest BCUT2D eigenvalue weighted by molar-refractivity contribution is 0.381. The smallest absolute Gasteiger partial charge is 0.147 e. The molecule has 20 heavy (non-hydrogen) atoms. The molecule has 3 nitrogen and oxygen atoms in total. The number of nitrogens with one attached hydrogen (secondary N) is 1. The second-order valence-corrected chi connectivity index (χ2v) is 7.29. The third kappa shape index (κ3) is 4.61. The predicted octanol–water partition coefficient (Wildman–Crippen LogP) is 3.96. The van der Waals surface area contributed by atoms with Gasteiger partial charge in [-0.2, -0.15) is 0 Å². The fraction of sp³-hybridized carbons (Fsp3) is 0.667. The first-order chi connectivity index (χ1) is 9.56. The van der Waals surface area contributed by atoms with Gasteiger partial charge in [-0.1, -0.05) is 25.4 Å². The number of nitrogens with zero attached hydrogens (tertiary/aromatic N) is 2.